The topological polar surface area (TPSA) is 38.3 Å². The molecule has 11 heteroatoms. The summed E-state index contributed by atoms with van der Waals surface area (Å²) in [5.74, 6) is -6.10. The largest absolute Gasteiger partial charge is 0.423 e. The minimum Gasteiger partial charge on any atom is -0.352 e. The lowest BCUT2D eigenvalue weighted by molar-refractivity contribution is -0.296. The zero-order chi connectivity index (χ0) is 18.3. The maximum Gasteiger partial charge on any atom is 0.423 e. The van der Waals surface area contributed by atoms with Crippen LogP contribution in [0.25, 0.3) is 0 Å². The van der Waals surface area contributed by atoms with Crippen molar-refractivity contribution in [1.29, 1.82) is 0 Å². The fraction of sp³-hybridized carbons (Fsp3) is 0.750. The second kappa shape index (κ2) is 8.46. The second-order valence-electron chi connectivity index (χ2n) is 4.64. The number of nitrogens with one attached hydrogen (secondary N) is 1. The van der Waals surface area contributed by atoms with E-state index in [9.17, 15) is 40.1 Å². The van der Waals surface area contributed by atoms with E-state index in [1.165, 1.54) is 5.32 Å². The molecule has 0 radical (unpaired) electrons. The molecule has 1 amide bonds. The molecule has 3 nitrogen and oxygen atoms in total. The van der Waals surface area contributed by atoms with Crippen molar-refractivity contribution < 1.29 is 45.0 Å². The van der Waals surface area contributed by atoms with Crippen LogP contribution in [0, 0.1) is 5.92 Å². The van der Waals surface area contributed by atoms with Crippen molar-refractivity contribution in [3.8, 4) is 0 Å². The Kier molecular flexibility index (Phi) is 7.95. The molecule has 0 aromatic carbocycles. The first-order valence-corrected chi connectivity index (χ1v) is 6.36. The van der Waals surface area contributed by atoms with Crippen LogP contribution in [-0.4, -0.2) is 37.1 Å². The molecule has 0 saturated carbocycles. The maximum atomic E-state index is 14.3. The molecular formula is C12H15F8NO2. The van der Waals surface area contributed by atoms with E-state index in [0.717, 1.165) is 6.08 Å². The number of carbonyl (C=O) groups is 1. The minimum absolute atomic E-state index is 0.447. The number of carbonyl (C=O) groups excluding carboxylic acids is 1. The predicted octanol–water partition coefficient (Wildman–Crippen LogP) is 3.81. The Morgan fingerprint density at radius 2 is 1.70 bits per heavy atom. The van der Waals surface area contributed by atoms with Gasteiger partial charge in [-0.3, -0.25) is 4.79 Å². The van der Waals surface area contributed by atoms with Crippen molar-refractivity contribution in [2.75, 3.05) is 13.2 Å². The normalized spacial score (nSPS) is 16.5. The van der Waals surface area contributed by atoms with Crippen LogP contribution in [0.5, 0.6) is 0 Å². The summed E-state index contributed by atoms with van der Waals surface area (Å²) in [6, 6.07) is 0. The zero-order valence-corrected chi connectivity index (χ0v) is 11.7. The zero-order valence-electron chi connectivity index (χ0n) is 11.7. The quantitative estimate of drug-likeness (QED) is 0.387. The van der Waals surface area contributed by atoms with Crippen LogP contribution >= 0.6 is 0 Å². The third-order valence-corrected chi connectivity index (χ3v) is 2.95. The van der Waals surface area contributed by atoms with Gasteiger partial charge in [0.05, 0.1) is 6.61 Å². The SMILES string of the molecule is C=CCNC(=O)C(C(F)(F)F)C(F)(CCCCOF)C(F)(F)F. The molecular weight excluding hydrogens is 342 g/mol. The van der Waals surface area contributed by atoms with E-state index in [0.29, 0.717) is 0 Å². The van der Waals surface area contributed by atoms with Gasteiger partial charge in [0.25, 0.3) is 0 Å². The fourth-order valence-electron chi connectivity index (χ4n) is 1.88. The third kappa shape index (κ3) is 5.96. The molecule has 0 bridgehead atoms. The van der Waals surface area contributed by atoms with Crippen molar-refractivity contribution in [1.82, 2.24) is 5.32 Å². The van der Waals surface area contributed by atoms with Crippen molar-refractivity contribution in [3.63, 3.8) is 0 Å². The highest BCUT2D eigenvalue weighted by Crippen LogP contribution is 2.49. The van der Waals surface area contributed by atoms with E-state index in [1.54, 1.807) is 0 Å². The Balaban J connectivity index is 5.56. The first-order valence-electron chi connectivity index (χ1n) is 6.36. The summed E-state index contributed by atoms with van der Waals surface area (Å²) in [6.45, 7) is 1.81. The average molecular weight is 357 g/mol. The Morgan fingerprint density at radius 1 is 1.13 bits per heavy atom. The van der Waals surface area contributed by atoms with Gasteiger partial charge < -0.3 is 5.32 Å². The standard InChI is InChI=1S/C12H15F8NO2/c1-2-6-21-9(22)8(11(14,15)16)10(13,12(17,18)19)5-3-4-7-23-20/h2,8H,1,3-7H2,(H,21,22). The molecule has 0 aromatic heterocycles. The van der Waals surface area contributed by atoms with Gasteiger partial charge in [-0.25, -0.2) is 4.39 Å². The van der Waals surface area contributed by atoms with Gasteiger partial charge in [-0.2, -0.15) is 31.3 Å². The summed E-state index contributed by atoms with van der Waals surface area (Å²) in [5.41, 5.74) is -4.84. The summed E-state index contributed by atoms with van der Waals surface area (Å²) in [4.78, 5) is 14.5. The van der Waals surface area contributed by atoms with Gasteiger partial charge in [-0.1, -0.05) is 6.08 Å². The highest BCUT2D eigenvalue weighted by atomic mass is 19.4. The second-order valence-corrected chi connectivity index (χ2v) is 4.64. The number of amides is 1. The Labute approximate surface area is 126 Å². The summed E-state index contributed by atoms with van der Waals surface area (Å²) in [6.07, 6.45) is -13.7. The van der Waals surface area contributed by atoms with Crippen LogP contribution in [0.4, 0.5) is 35.3 Å². The Morgan fingerprint density at radius 3 is 2.09 bits per heavy atom. The molecule has 0 aliphatic heterocycles. The Bertz CT molecular complexity index is 396. The van der Waals surface area contributed by atoms with Gasteiger partial charge in [0, 0.05) is 6.54 Å². The molecule has 2 atom stereocenters. The number of halogens is 8. The molecule has 136 valence electrons. The van der Waals surface area contributed by atoms with E-state index < -0.39 is 62.3 Å². The average Bonchev–Trinajstić information content (AvgIpc) is 2.38. The summed E-state index contributed by atoms with van der Waals surface area (Å²) in [7, 11) is 0. The van der Waals surface area contributed by atoms with Crippen LogP contribution < -0.4 is 5.32 Å². The summed E-state index contributed by atoms with van der Waals surface area (Å²) in [5, 5.41) is 1.52. The molecule has 0 spiro atoms. The van der Waals surface area contributed by atoms with Crippen LogP contribution in [0.2, 0.25) is 0 Å². The molecule has 0 fully saturated rings. The van der Waals surface area contributed by atoms with Gasteiger partial charge in [0.15, 0.2) is 5.92 Å². The first-order chi connectivity index (χ1) is 10.4. The third-order valence-electron chi connectivity index (χ3n) is 2.95. The van der Waals surface area contributed by atoms with Crippen LogP contribution in [-0.2, 0) is 9.74 Å². The van der Waals surface area contributed by atoms with Crippen molar-refractivity contribution in [2.45, 2.75) is 37.3 Å². The Hall–Kier alpha value is -1.39. The highest BCUT2D eigenvalue weighted by molar-refractivity contribution is 5.81. The molecule has 2 unspecified atom stereocenters. The summed E-state index contributed by atoms with van der Waals surface area (Å²) >= 11 is 0. The first kappa shape index (κ1) is 21.6. The number of hydrogen-bond acceptors (Lipinski definition) is 2. The molecule has 0 heterocycles. The monoisotopic (exact) mass is 357 g/mol. The lowest BCUT2D eigenvalue weighted by Crippen LogP contribution is -2.58. The van der Waals surface area contributed by atoms with Crippen molar-refractivity contribution in [2.24, 2.45) is 5.92 Å². The van der Waals surface area contributed by atoms with Gasteiger partial charge in [0.2, 0.25) is 11.6 Å². The van der Waals surface area contributed by atoms with Gasteiger partial charge in [-0.15, -0.1) is 6.58 Å². The number of hydrogen-bond donors (Lipinski definition) is 1. The molecule has 0 saturated heterocycles. The van der Waals surface area contributed by atoms with E-state index in [2.05, 4.69) is 11.5 Å². The smallest absolute Gasteiger partial charge is 0.352 e. The lowest BCUT2D eigenvalue weighted by atomic mass is 9.82. The number of alkyl halides is 7. The molecule has 0 aliphatic carbocycles. The van der Waals surface area contributed by atoms with E-state index in [-0.39, 0.29) is 0 Å². The molecule has 23 heavy (non-hydrogen) atoms. The predicted molar refractivity (Wildman–Crippen MR) is 63.6 cm³/mol. The molecule has 0 aliphatic rings. The van der Waals surface area contributed by atoms with Crippen LogP contribution in [0.3, 0.4) is 0 Å². The lowest BCUT2D eigenvalue weighted by Gasteiger charge is -2.35. The van der Waals surface area contributed by atoms with Crippen LogP contribution in [0.15, 0.2) is 12.7 Å². The van der Waals surface area contributed by atoms with Crippen molar-refractivity contribution >= 4 is 5.91 Å². The van der Waals surface area contributed by atoms with Crippen molar-refractivity contribution in [3.05, 3.63) is 12.7 Å². The van der Waals surface area contributed by atoms with E-state index in [1.807, 2.05) is 0 Å². The van der Waals surface area contributed by atoms with Gasteiger partial charge >= 0.3 is 12.4 Å². The van der Waals surface area contributed by atoms with E-state index in [4.69, 9.17) is 0 Å². The van der Waals surface area contributed by atoms with Crippen LogP contribution in [0.1, 0.15) is 19.3 Å². The summed E-state index contributed by atoms with van der Waals surface area (Å²) < 4.78 is 103. The van der Waals surface area contributed by atoms with E-state index >= 15 is 0 Å². The molecule has 1 N–H and O–H groups in total. The number of unbranched alkanes of at least 4 members (excludes halogenated alkanes) is 1. The molecule has 0 rings (SSSR count). The number of rotatable bonds is 9. The van der Waals surface area contributed by atoms with Gasteiger partial charge in [0.1, 0.15) is 0 Å². The van der Waals surface area contributed by atoms with Gasteiger partial charge in [-0.05, 0) is 23.8 Å². The highest BCUT2D eigenvalue weighted by Gasteiger charge is 2.70. The maximum absolute atomic E-state index is 14.3. The molecule has 0 aromatic rings. The minimum atomic E-state index is -5.95. The fourth-order valence-corrected chi connectivity index (χ4v) is 1.88.